The molecular formula is C19H25N. The second kappa shape index (κ2) is 6.71. The zero-order valence-electron chi connectivity index (χ0n) is 13.0. The molecule has 0 saturated heterocycles. The number of hydrogen-bond acceptors (Lipinski definition) is 1. The van der Waals surface area contributed by atoms with Crippen LogP contribution in [0.5, 0.6) is 0 Å². The average Bonchev–Trinajstić information content (AvgIpc) is 2.42. The van der Waals surface area contributed by atoms with Crippen LogP contribution in [0.3, 0.4) is 0 Å². The van der Waals surface area contributed by atoms with Crippen LogP contribution in [-0.4, -0.2) is 6.54 Å². The van der Waals surface area contributed by atoms with Gasteiger partial charge in [0.15, 0.2) is 0 Å². The van der Waals surface area contributed by atoms with Gasteiger partial charge in [-0.2, -0.15) is 0 Å². The lowest BCUT2D eigenvalue weighted by molar-refractivity contribution is 0.593. The maximum absolute atomic E-state index is 3.71. The maximum atomic E-state index is 3.71. The second-order valence-electron chi connectivity index (χ2n) is 5.61. The van der Waals surface area contributed by atoms with Gasteiger partial charge in [-0.3, -0.25) is 0 Å². The van der Waals surface area contributed by atoms with E-state index in [0.29, 0.717) is 0 Å². The van der Waals surface area contributed by atoms with Crippen LogP contribution in [0.2, 0.25) is 0 Å². The van der Waals surface area contributed by atoms with Crippen LogP contribution in [0.15, 0.2) is 42.5 Å². The van der Waals surface area contributed by atoms with Crippen LogP contribution in [0.4, 0.5) is 0 Å². The van der Waals surface area contributed by atoms with Crippen molar-refractivity contribution in [1.82, 2.24) is 5.32 Å². The Bertz CT molecular complexity index is 551. The van der Waals surface area contributed by atoms with Gasteiger partial charge in [0, 0.05) is 0 Å². The Morgan fingerprint density at radius 2 is 1.60 bits per heavy atom. The topological polar surface area (TPSA) is 12.0 Å². The van der Waals surface area contributed by atoms with Crippen LogP contribution in [0.1, 0.15) is 47.2 Å². The van der Waals surface area contributed by atoms with E-state index in [4.69, 9.17) is 0 Å². The lowest BCUT2D eigenvalue weighted by atomic mass is 9.90. The van der Waals surface area contributed by atoms with Crippen molar-refractivity contribution in [3.63, 3.8) is 0 Å². The first-order valence-electron chi connectivity index (χ1n) is 7.49. The molecule has 0 radical (unpaired) electrons. The molecular weight excluding hydrogens is 242 g/mol. The molecule has 0 aliphatic rings. The minimum atomic E-state index is 0.288. The summed E-state index contributed by atoms with van der Waals surface area (Å²) in [6.07, 6.45) is 1.15. The third-order valence-corrected chi connectivity index (χ3v) is 3.80. The summed E-state index contributed by atoms with van der Waals surface area (Å²) in [6.45, 7) is 9.82. The van der Waals surface area contributed by atoms with Gasteiger partial charge in [-0.05, 0) is 56.0 Å². The summed E-state index contributed by atoms with van der Waals surface area (Å²) >= 11 is 0. The van der Waals surface area contributed by atoms with Crippen LogP contribution >= 0.6 is 0 Å². The highest BCUT2D eigenvalue weighted by Crippen LogP contribution is 2.28. The van der Waals surface area contributed by atoms with Gasteiger partial charge in [0.25, 0.3) is 0 Å². The van der Waals surface area contributed by atoms with Gasteiger partial charge in [0.1, 0.15) is 0 Å². The molecule has 0 amide bonds. The van der Waals surface area contributed by atoms with E-state index >= 15 is 0 Å². The fourth-order valence-corrected chi connectivity index (χ4v) is 2.81. The van der Waals surface area contributed by atoms with Gasteiger partial charge in [-0.1, -0.05) is 55.0 Å². The number of aryl methyl sites for hydroxylation is 3. The molecule has 1 atom stereocenters. The summed E-state index contributed by atoms with van der Waals surface area (Å²) in [5.41, 5.74) is 6.82. The predicted molar refractivity (Wildman–Crippen MR) is 87.2 cm³/mol. The van der Waals surface area contributed by atoms with Crippen molar-refractivity contribution < 1.29 is 0 Å². The van der Waals surface area contributed by atoms with Crippen molar-refractivity contribution in [2.75, 3.05) is 6.54 Å². The van der Waals surface area contributed by atoms with Crippen molar-refractivity contribution in [2.24, 2.45) is 0 Å². The lowest BCUT2D eigenvalue weighted by Gasteiger charge is -2.24. The smallest absolute Gasteiger partial charge is 0.0582 e. The molecule has 106 valence electrons. The minimum absolute atomic E-state index is 0.288. The number of nitrogens with one attached hydrogen (secondary N) is 1. The average molecular weight is 267 g/mol. The summed E-state index contributed by atoms with van der Waals surface area (Å²) in [6, 6.07) is 15.7. The molecule has 1 heteroatoms. The molecule has 0 fully saturated rings. The molecule has 0 aliphatic heterocycles. The van der Waals surface area contributed by atoms with E-state index in [1.807, 2.05) is 0 Å². The Balaban J connectivity index is 2.47. The van der Waals surface area contributed by atoms with Crippen molar-refractivity contribution in [3.05, 3.63) is 70.3 Å². The SMILES string of the molecule is CCCNC(c1cccc(C)c1)c1c(C)cccc1C. The van der Waals surface area contributed by atoms with Gasteiger partial charge in [-0.15, -0.1) is 0 Å². The van der Waals surface area contributed by atoms with E-state index in [9.17, 15) is 0 Å². The molecule has 1 unspecified atom stereocenters. The first-order valence-corrected chi connectivity index (χ1v) is 7.49. The quantitative estimate of drug-likeness (QED) is 0.828. The molecule has 0 bridgehead atoms. The Hall–Kier alpha value is -1.60. The van der Waals surface area contributed by atoms with E-state index in [1.165, 1.54) is 27.8 Å². The van der Waals surface area contributed by atoms with Gasteiger partial charge >= 0.3 is 0 Å². The number of benzene rings is 2. The highest BCUT2D eigenvalue weighted by molar-refractivity contribution is 5.42. The largest absolute Gasteiger partial charge is 0.306 e. The van der Waals surface area contributed by atoms with E-state index in [1.54, 1.807) is 0 Å². The third kappa shape index (κ3) is 3.29. The third-order valence-electron chi connectivity index (χ3n) is 3.80. The van der Waals surface area contributed by atoms with Crippen molar-refractivity contribution in [3.8, 4) is 0 Å². The second-order valence-corrected chi connectivity index (χ2v) is 5.61. The number of hydrogen-bond donors (Lipinski definition) is 1. The summed E-state index contributed by atoms with van der Waals surface area (Å²) in [4.78, 5) is 0. The maximum Gasteiger partial charge on any atom is 0.0582 e. The summed E-state index contributed by atoms with van der Waals surface area (Å²) < 4.78 is 0. The van der Waals surface area contributed by atoms with Crippen LogP contribution in [0, 0.1) is 20.8 Å². The summed E-state index contributed by atoms with van der Waals surface area (Å²) in [5.74, 6) is 0. The molecule has 0 heterocycles. The Morgan fingerprint density at radius 1 is 0.950 bits per heavy atom. The Kier molecular flexibility index (Phi) is 4.97. The molecule has 20 heavy (non-hydrogen) atoms. The lowest BCUT2D eigenvalue weighted by Crippen LogP contribution is -2.24. The highest BCUT2D eigenvalue weighted by Gasteiger charge is 2.17. The molecule has 0 aromatic heterocycles. The molecule has 0 aliphatic carbocycles. The number of rotatable bonds is 5. The van der Waals surface area contributed by atoms with Crippen molar-refractivity contribution in [2.45, 2.75) is 40.2 Å². The molecule has 2 aromatic carbocycles. The van der Waals surface area contributed by atoms with Crippen LogP contribution < -0.4 is 5.32 Å². The van der Waals surface area contributed by atoms with Gasteiger partial charge in [-0.25, -0.2) is 0 Å². The molecule has 1 nitrogen and oxygen atoms in total. The normalized spacial score (nSPS) is 12.4. The minimum Gasteiger partial charge on any atom is -0.306 e. The fraction of sp³-hybridized carbons (Fsp3) is 0.368. The van der Waals surface area contributed by atoms with Gasteiger partial charge in [0.2, 0.25) is 0 Å². The van der Waals surface area contributed by atoms with E-state index in [-0.39, 0.29) is 6.04 Å². The molecule has 1 N–H and O–H groups in total. The van der Waals surface area contributed by atoms with E-state index in [2.05, 4.69) is 75.5 Å². The van der Waals surface area contributed by atoms with Gasteiger partial charge in [0.05, 0.1) is 6.04 Å². The zero-order valence-corrected chi connectivity index (χ0v) is 13.0. The van der Waals surface area contributed by atoms with E-state index in [0.717, 1.165) is 13.0 Å². The fourth-order valence-electron chi connectivity index (χ4n) is 2.81. The molecule has 0 saturated carbocycles. The Morgan fingerprint density at radius 3 is 2.20 bits per heavy atom. The Labute approximate surface area is 123 Å². The highest BCUT2D eigenvalue weighted by atomic mass is 14.9. The molecule has 0 spiro atoms. The summed E-state index contributed by atoms with van der Waals surface area (Å²) in [7, 11) is 0. The van der Waals surface area contributed by atoms with Crippen LogP contribution in [0.25, 0.3) is 0 Å². The van der Waals surface area contributed by atoms with Crippen molar-refractivity contribution in [1.29, 1.82) is 0 Å². The first kappa shape index (κ1) is 14.8. The predicted octanol–water partition coefficient (Wildman–Crippen LogP) is 4.70. The summed E-state index contributed by atoms with van der Waals surface area (Å²) in [5, 5.41) is 3.71. The first-order chi connectivity index (χ1) is 9.63. The standard InChI is InChI=1S/C19H25N/c1-5-12-20-19(17-11-6-8-14(2)13-17)18-15(3)9-7-10-16(18)4/h6-11,13,19-20H,5,12H2,1-4H3. The van der Waals surface area contributed by atoms with Gasteiger partial charge < -0.3 is 5.32 Å². The van der Waals surface area contributed by atoms with Crippen molar-refractivity contribution >= 4 is 0 Å². The molecule has 2 rings (SSSR count). The van der Waals surface area contributed by atoms with E-state index < -0.39 is 0 Å². The monoisotopic (exact) mass is 267 g/mol. The van der Waals surface area contributed by atoms with Crippen LogP contribution in [-0.2, 0) is 0 Å². The zero-order chi connectivity index (χ0) is 14.5. The molecule has 2 aromatic rings.